The molecule has 6 heteroatoms. The zero-order valence-electron chi connectivity index (χ0n) is 11.7. The number of hydrogen-bond donors (Lipinski definition) is 2. The molecule has 0 aliphatic heterocycles. The van der Waals surface area contributed by atoms with Crippen LogP contribution in [-0.4, -0.2) is 21.6 Å². The Morgan fingerprint density at radius 2 is 2.05 bits per heavy atom. The van der Waals surface area contributed by atoms with Gasteiger partial charge in [-0.1, -0.05) is 6.92 Å². The van der Waals surface area contributed by atoms with E-state index in [-0.39, 0.29) is 6.04 Å². The first-order valence-corrected chi connectivity index (χ1v) is 6.62. The van der Waals surface area contributed by atoms with Crippen LogP contribution < -0.4 is 15.8 Å². The molecular formula is C14H19N5O. The van der Waals surface area contributed by atoms with Gasteiger partial charge in [0.1, 0.15) is 12.0 Å². The predicted octanol–water partition coefficient (Wildman–Crippen LogP) is 2.42. The average Bonchev–Trinajstić information content (AvgIpc) is 2.49. The van der Waals surface area contributed by atoms with E-state index in [1.165, 1.54) is 6.33 Å². The molecule has 106 valence electrons. The third-order valence-corrected chi connectivity index (χ3v) is 2.85. The summed E-state index contributed by atoms with van der Waals surface area (Å²) in [5, 5.41) is 3.26. The second kappa shape index (κ2) is 6.70. The van der Waals surface area contributed by atoms with E-state index in [0.717, 1.165) is 12.0 Å². The van der Waals surface area contributed by atoms with E-state index in [1.807, 2.05) is 26.0 Å². The summed E-state index contributed by atoms with van der Waals surface area (Å²) < 4.78 is 5.49. The van der Waals surface area contributed by atoms with Gasteiger partial charge in [0.2, 0.25) is 5.88 Å². The smallest absolute Gasteiger partial charge is 0.242 e. The Morgan fingerprint density at radius 3 is 2.75 bits per heavy atom. The fraction of sp³-hybridized carbons (Fsp3) is 0.357. The lowest BCUT2D eigenvalue weighted by Gasteiger charge is -2.17. The van der Waals surface area contributed by atoms with Gasteiger partial charge in [0.15, 0.2) is 5.82 Å². The van der Waals surface area contributed by atoms with Crippen LogP contribution >= 0.6 is 0 Å². The second-order valence-electron chi connectivity index (χ2n) is 4.44. The third-order valence-electron chi connectivity index (χ3n) is 2.85. The molecule has 6 nitrogen and oxygen atoms in total. The van der Waals surface area contributed by atoms with Gasteiger partial charge in [-0.2, -0.15) is 4.98 Å². The van der Waals surface area contributed by atoms with Gasteiger partial charge in [0.05, 0.1) is 12.6 Å². The van der Waals surface area contributed by atoms with Crippen LogP contribution in [-0.2, 0) is 0 Å². The number of nitrogens with zero attached hydrogens (tertiary/aromatic N) is 3. The van der Waals surface area contributed by atoms with Crippen molar-refractivity contribution in [2.75, 3.05) is 17.7 Å². The number of nitrogens with two attached hydrogens (primary N) is 1. The van der Waals surface area contributed by atoms with E-state index in [9.17, 15) is 0 Å². The summed E-state index contributed by atoms with van der Waals surface area (Å²) in [4.78, 5) is 12.2. The summed E-state index contributed by atoms with van der Waals surface area (Å²) in [6.45, 7) is 4.64. The molecule has 20 heavy (non-hydrogen) atoms. The number of anilines is 2. The number of ether oxygens (including phenoxy) is 1. The monoisotopic (exact) mass is 273 g/mol. The summed E-state index contributed by atoms with van der Waals surface area (Å²) in [6.07, 6.45) is 5.86. The molecule has 0 aliphatic rings. The SMILES string of the molecule is CCCOc1ncnc(NC(C)c2ccncc2)c1N. The van der Waals surface area contributed by atoms with Crippen LogP contribution in [0.3, 0.4) is 0 Å². The first-order valence-electron chi connectivity index (χ1n) is 6.62. The van der Waals surface area contributed by atoms with Crippen molar-refractivity contribution >= 4 is 11.5 Å². The molecule has 2 aromatic rings. The number of aromatic nitrogens is 3. The van der Waals surface area contributed by atoms with Crippen molar-refractivity contribution in [1.82, 2.24) is 15.0 Å². The van der Waals surface area contributed by atoms with Gasteiger partial charge in [-0.25, -0.2) is 4.98 Å². The Balaban J connectivity index is 2.13. The maximum Gasteiger partial charge on any atom is 0.242 e. The molecule has 0 radical (unpaired) electrons. The highest BCUT2D eigenvalue weighted by Crippen LogP contribution is 2.27. The highest BCUT2D eigenvalue weighted by molar-refractivity contribution is 5.66. The zero-order chi connectivity index (χ0) is 14.4. The van der Waals surface area contributed by atoms with Gasteiger partial charge in [-0.15, -0.1) is 0 Å². The van der Waals surface area contributed by atoms with E-state index >= 15 is 0 Å². The molecule has 0 aliphatic carbocycles. The molecule has 0 aromatic carbocycles. The Morgan fingerprint density at radius 1 is 1.30 bits per heavy atom. The predicted molar refractivity (Wildman–Crippen MR) is 78.5 cm³/mol. The van der Waals surface area contributed by atoms with Gasteiger partial charge < -0.3 is 15.8 Å². The Hall–Kier alpha value is -2.37. The van der Waals surface area contributed by atoms with Crippen molar-refractivity contribution in [3.63, 3.8) is 0 Å². The van der Waals surface area contributed by atoms with Crippen molar-refractivity contribution in [3.8, 4) is 5.88 Å². The fourth-order valence-electron chi connectivity index (χ4n) is 1.75. The summed E-state index contributed by atoms with van der Waals surface area (Å²) in [6, 6.07) is 3.96. The van der Waals surface area contributed by atoms with Crippen molar-refractivity contribution in [3.05, 3.63) is 36.4 Å². The van der Waals surface area contributed by atoms with E-state index in [4.69, 9.17) is 10.5 Å². The molecule has 0 saturated heterocycles. The molecule has 0 spiro atoms. The van der Waals surface area contributed by atoms with E-state index < -0.39 is 0 Å². The molecule has 1 unspecified atom stereocenters. The lowest BCUT2D eigenvalue weighted by Crippen LogP contribution is -2.11. The van der Waals surface area contributed by atoms with Crippen LogP contribution in [0, 0.1) is 0 Å². The van der Waals surface area contributed by atoms with Gasteiger partial charge in [-0.3, -0.25) is 4.98 Å². The Kier molecular flexibility index (Phi) is 4.70. The molecule has 3 N–H and O–H groups in total. The molecule has 2 heterocycles. The maximum atomic E-state index is 6.03. The van der Waals surface area contributed by atoms with Crippen LogP contribution in [0.1, 0.15) is 31.9 Å². The van der Waals surface area contributed by atoms with Gasteiger partial charge in [0.25, 0.3) is 0 Å². The number of nitrogen functional groups attached to an aromatic ring is 1. The van der Waals surface area contributed by atoms with E-state index in [0.29, 0.717) is 24.0 Å². The highest BCUT2D eigenvalue weighted by atomic mass is 16.5. The van der Waals surface area contributed by atoms with Crippen LogP contribution in [0.25, 0.3) is 0 Å². The van der Waals surface area contributed by atoms with Crippen LogP contribution in [0.4, 0.5) is 11.5 Å². The van der Waals surface area contributed by atoms with Gasteiger partial charge >= 0.3 is 0 Å². The van der Waals surface area contributed by atoms with E-state index in [1.54, 1.807) is 12.4 Å². The largest absolute Gasteiger partial charge is 0.476 e. The zero-order valence-corrected chi connectivity index (χ0v) is 11.7. The molecule has 2 aromatic heterocycles. The quantitative estimate of drug-likeness (QED) is 0.840. The van der Waals surface area contributed by atoms with Crippen molar-refractivity contribution < 1.29 is 4.74 Å². The molecule has 1 atom stereocenters. The Bertz CT molecular complexity index is 547. The molecule has 2 rings (SSSR count). The number of nitrogens with one attached hydrogen (secondary N) is 1. The molecule has 0 bridgehead atoms. The Labute approximate surface area is 118 Å². The number of pyridine rings is 1. The average molecular weight is 273 g/mol. The first-order chi connectivity index (χ1) is 9.72. The molecular weight excluding hydrogens is 254 g/mol. The normalized spacial score (nSPS) is 11.9. The van der Waals surface area contributed by atoms with Gasteiger partial charge in [0, 0.05) is 12.4 Å². The summed E-state index contributed by atoms with van der Waals surface area (Å²) in [7, 11) is 0. The van der Waals surface area contributed by atoms with E-state index in [2.05, 4.69) is 20.3 Å². The van der Waals surface area contributed by atoms with Crippen molar-refractivity contribution in [2.24, 2.45) is 0 Å². The molecule has 0 fully saturated rings. The number of hydrogen-bond acceptors (Lipinski definition) is 6. The number of rotatable bonds is 6. The van der Waals surface area contributed by atoms with Crippen molar-refractivity contribution in [2.45, 2.75) is 26.3 Å². The standard InChI is InChI=1S/C14H19N5O/c1-3-8-20-14-12(15)13(17-9-18-14)19-10(2)11-4-6-16-7-5-11/h4-7,9-10H,3,8,15H2,1-2H3,(H,17,18,19). The minimum Gasteiger partial charge on any atom is -0.476 e. The summed E-state index contributed by atoms with van der Waals surface area (Å²) >= 11 is 0. The molecule has 0 saturated carbocycles. The lowest BCUT2D eigenvalue weighted by molar-refractivity contribution is 0.306. The minimum atomic E-state index is 0.0641. The first kappa shape index (κ1) is 14.0. The molecule has 0 amide bonds. The minimum absolute atomic E-state index is 0.0641. The topological polar surface area (TPSA) is 86.0 Å². The fourth-order valence-corrected chi connectivity index (χ4v) is 1.75. The summed E-state index contributed by atoms with van der Waals surface area (Å²) in [5.41, 5.74) is 7.56. The lowest BCUT2D eigenvalue weighted by atomic mass is 10.1. The van der Waals surface area contributed by atoms with Crippen LogP contribution in [0.5, 0.6) is 5.88 Å². The van der Waals surface area contributed by atoms with Crippen molar-refractivity contribution in [1.29, 1.82) is 0 Å². The highest BCUT2D eigenvalue weighted by Gasteiger charge is 2.12. The summed E-state index contributed by atoms with van der Waals surface area (Å²) in [5.74, 6) is 1.00. The second-order valence-corrected chi connectivity index (χ2v) is 4.44. The maximum absolute atomic E-state index is 6.03. The third kappa shape index (κ3) is 3.34. The van der Waals surface area contributed by atoms with Crippen LogP contribution in [0.2, 0.25) is 0 Å². The van der Waals surface area contributed by atoms with Gasteiger partial charge in [-0.05, 0) is 31.0 Å². The van der Waals surface area contributed by atoms with Crippen LogP contribution in [0.15, 0.2) is 30.9 Å².